The minimum Gasteiger partial charge on any atom is -0.207 e. The van der Waals surface area contributed by atoms with Crippen molar-refractivity contribution in [2.75, 3.05) is 0 Å². The van der Waals surface area contributed by atoms with E-state index < -0.39 is 0 Å². The predicted molar refractivity (Wildman–Crippen MR) is 66.2 cm³/mol. The Morgan fingerprint density at radius 2 is 2.13 bits per heavy atom. The predicted octanol–water partition coefficient (Wildman–Crippen LogP) is 4.68. The van der Waals surface area contributed by atoms with E-state index in [4.69, 9.17) is 0 Å². The Labute approximate surface area is 101 Å². The average molecular weight is 285 g/mol. The van der Waals surface area contributed by atoms with Crippen LogP contribution < -0.4 is 0 Å². The van der Waals surface area contributed by atoms with E-state index in [1.54, 1.807) is 17.4 Å². The van der Waals surface area contributed by atoms with Gasteiger partial charge < -0.3 is 0 Å². The lowest BCUT2D eigenvalue weighted by atomic mass is 10.1. The Bertz CT molecular complexity index is 451. The largest absolute Gasteiger partial charge is 0.207 e. The van der Waals surface area contributed by atoms with Crippen LogP contribution in [-0.2, 0) is 0 Å². The van der Waals surface area contributed by atoms with Crippen LogP contribution in [0.2, 0.25) is 0 Å². The summed E-state index contributed by atoms with van der Waals surface area (Å²) in [6, 6.07) is 9.31. The summed E-state index contributed by atoms with van der Waals surface area (Å²) in [5.41, 5.74) is 1.64. The van der Waals surface area contributed by atoms with Crippen molar-refractivity contribution in [2.24, 2.45) is 0 Å². The Morgan fingerprint density at radius 3 is 2.73 bits per heavy atom. The van der Waals surface area contributed by atoms with Crippen LogP contribution in [-0.4, -0.2) is 0 Å². The summed E-state index contributed by atoms with van der Waals surface area (Å²) in [6.45, 7) is 1.89. The average Bonchev–Trinajstić information content (AvgIpc) is 2.69. The highest BCUT2D eigenvalue weighted by Gasteiger charge is 2.15. The third-order valence-corrected chi connectivity index (χ3v) is 4.45. The SMILES string of the molecule is Cc1ccc(C(Br)c2cccs2)c(F)c1. The van der Waals surface area contributed by atoms with Crippen molar-refractivity contribution in [3.63, 3.8) is 0 Å². The van der Waals surface area contributed by atoms with Crippen LogP contribution in [0, 0.1) is 12.7 Å². The van der Waals surface area contributed by atoms with Crippen LogP contribution in [0.25, 0.3) is 0 Å². The van der Waals surface area contributed by atoms with Crippen LogP contribution in [0.5, 0.6) is 0 Å². The lowest BCUT2D eigenvalue weighted by Crippen LogP contribution is -1.94. The fourth-order valence-corrected chi connectivity index (χ4v) is 2.99. The molecule has 1 atom stereocenters. The Balaban J connectivity index is 2.38. The fourth-order valence-electron chi connectivity index (χ4n) is 1.43. The molecule has 0 amide bonds. The lowest BCUT2D eigenvalue weighted by molar-refractivity contribution is 0.613. The molecule has 0 nitrogen and oxygen atoms in total. The van der Waals surface area contributed by atoms with Crippen LogP contribution in [0.4, 0.5) is 4.39 Å². The molecular weight excluding hydrogens is 275 g/mol. The van der Waals surface area contributed by atoms with E-state index in [1.807, 2.05) is 36.6 Å². The second-order valence-electron chi connectivity index (χ2n) is 3.40. The standard InChI is InChI=1S/C12H10BrFS/c1-8-4-5-9(10(14)7-8)12(13)11-3-2-6-15-11/h2-7,12H,1H3. The number of halogens is 2. The molecule has 0 bridgehead atoms. The maximum absolute atomic E-state index is 13.7. The molecule has 0 aliphatic carbocycles. The summed E-state index contributed by atoms with van der Waals surface area (Å²) < 4.78 is 13.7. The van der Waals surface area contributed by atoms with Gasteiger partial charge in [-0.2, -0.15) is 0 Å². The van der Waals surface area contributed by atoms with Crippen LogP contribution in [0.1, 0.15) is 20.8 Å². The number of rotatable bonds is 2. The molecule has 1 aromatic heterocycles. The van der Waals surface area contributed by atoms with E-state index >= 15 is 0 Å². The van der Waals surface area contributed by atoms with Crippen molar-refractivity contribution in [3.8, 4) is 0 Å². The molecule has 3 heteroatoms. The third-order valence-electron chi connectivity index (χ3n) is 2.22. The van der Waals surface area contributed by atoms with Crippen LogP contribution >= 0.6 is 27.3 Å². The van der Waals surface area contributed by atoms with Gasteiger partial charge in [0.25, 0.3) is 0 Å². The number of hydrogen-bond donors (Lipinski definition) is 0. The Morgan fingerprint density at radius 1 is 1.33 bits per heavy atom. The molecule has 0 saturated carbocycles. The van der Waals surface area contributed by atoms with Gasteiger partial charge >= 0.3 is 0 Å². The van der Waals surface area contributed by atoms with Gasteiger partial charge in [0.2, 0.25) is 0 Å². The maximum Gasteiger partial charge on any atom is 0.128 e. The summed E-state index contributed by atoms with van der Waals surface area (Å²) in [4.78, 5) is 1.08. The summed E-state index contributed by atoms with van der Waals surface area (Å²) in [5.74, 6) is -0.148. The van der Waals surface area contributed by atoms with Gasteiger partial charge in [-0.1, -0.05) is 34.1 Å². The van der Waals surface area contributed by atoms with Gasteiger partial charge in [0.05, 0.1) is 4.83 Å². The lowest BCUT2D eigenvalue weighted by Gasteiger charge is -2.09. The van der Waals surface area contributed by atoms with Crippen molar-refractivity contribution in [3.05, 3.63) is 57.5 Å². The first-order chi connectivity index (χ1) is 7.18. The molecule has 0 radical (unpaired) electrons. The van der Waals surface area contributed by atoms with Crippen molar-refractivity contribution in [2.45, 2.75) is 11.8 Å². The van der Waals surface area contributed by atoms with Gasteiger partial charge in [0.15, 0.2) is 0 Å². The van der Waals surface area contributed by atoms with E-state index in [1.165, 1.54) is 0 Å². The number of thiophene rings is 1. The number of aryl methyl sites for hydroxylation is 1. The summed E-state index contributed by atoms with van der Waals surface area (Å²) >= 11 is 5.14. The van der Waals surface area contributed by atoms with E-state index in [0.29, 0.717) is 5.56 Å². The molecule has 2 aromatic rings. The smallest absolute Gasteiger partial charge is 0.128 e. The molecule has 1 aromatic carbocycles. The molecular formula is C12H10BrFS. The number of benzene rings is 1. The molecule has 1 heterocycles. The zero-order valence-electron chi connectivity index (χ0n) is 8.21. The molecule has 78 valence electrons. The minimum absolute atomic E-state index is 0.0434. The first-order valence-electron chi connectivity index (χ1n) is 4.62. The molecule has 0 saturated heterocycles. The van der Waals surface area contributed by atoms with Gasteiger partial charge in [-0.15, -0.1) is 11.3 Å². The molecule has 0 spiro atoms. The maximum atomic E-state index is 13.7. The summed E-state index contributed by atoms with van der Waals surface area (Å²) in [7, 11) is 0. The zero-order chi connectivity index (χ0) is 10.8. The summed E-state index contributed by atoms with van der Waals surface area (Å²) in [6.07, 6.45) is 0. The zero-order valence-corrected chi connectivity index (χ0v) is 10.6. The van der Waals surface area contributed by atoms with Gasteiger partial charge in [0.1, 0.15) is 5.82 Å². The highest BCUT2D eigenvalue weighted by Crippen LogP contribution is 2.35. The van der Waals surface area contributed by atoms with E-state index in [9.17, 15) is 4.39 Å². The molecule has 0 fully saturated rings. The quantitative estimate of drug-likeness (QED) is 0.703. The van der Waals surface area contributed by atoms with E-state index in [2.05, 4.69) is 15.9 Å². The molecule has 0 aliphatic rings. The normalized spacial score (nSPS) is 12.7. The van der Waals surface area contributed by atoms with Gasteiger partial charge in [-0.3, -0.25) is 0 Å². The highest BCUT2D eigenvalue weighted by atomic mass is 79.9. The van der Waals surface area contributed by atoms with E-state index in [0.717, 1.165) is 10.4 Å². The second-order valence-corrected chi connectivity index (χ2v) is 5.30. The highest BCUT2D eigenvalue weighted by molar-refractivity contribution is 9.09. The van der Waals surface area contributed by atoms with Crippen LogP contribution in [0.3, 0.4) is 0 Å². The first kappa shape index (κ1) is 10.8. The molecule has 0 aliphatic heterocycles. The van der Waals surface area contributed by atoms with Crippen molar-refractivity contribution in [1.29, 1.82) is 0 Å². The van der Waals surface area contributed by atoms with Crippen molar-refractivity contribution in [1.82, 2.24) is 0 Å². The molecule has 2 rings (SSSR count). The third kappa shape index (κ3) is 2.29. The van der Waals surface area contributed by atoms with Gasteiger partial charge in [0, 0.05) is 10.4 Å². The first-order valence-corrected chi connectivity index (χ1v) is 6.41. The molecule has 15 heavy (non-hydrogen) atoms. The van der Waals surface area contributed by atoms with Gasteiger partial charge in [-0.05, 0) is 30.0 Å². The second kappa shape index (κ2) is 4.45. The van der Waals surface area contributed by atoms with Gasteiger partial charge in [-0.25, -0.2) is 4.39 Å². The van der Waals surface area contributed by atoms with Crippen molar-refractivity contribution >= 4 is 27.3 Å². The Hall–Kier alpha value is -0.670. The Kier molecular flexibility index (Phi) is 3.22. The number of alkyl halides is 1. The topological polar surface area (TPSA) is 0 Å². The van der Waals surface area contributed by atoms with Crippen LogP contribution in [0.15, 0.2) is 35.7 Å². The van der Waals surface area contributed by atoms with Crippen molar-refractivity contribution < 1.29 is 4.39 Å². The monoisotopic (exact) mass is 284 g/mol. The molecule has 0 N–H and O–H groups in total. The summed E-state index contributed by atoms with van der Waals surface area (Å²) in [5, 5.41) is 2.00. The minimum atomic E-state index is -0.148. The fraction of sp³-hybridized carbons (Fsp3) is 0.167. The molecule has 1 unspecified atom stereocenters. The number of hydrogen-bond acceptors (Lipinski definition) is 1. The van der Waals surface area contributed by atoms with E-state index in [-0.39, 0.29) is 10.6 Å².